The van der Waals surface area contributed by atoms with E-state index in [1.807, 2.05) is 108 Å². The van der Waals surface area contributed by atoms with Gasteiger partial charge in [0.2, 0.25) is 0 Å². The lowest BCUT2D eigenvalue weighted by molar-refractivity contribution is -0.147. The molecule has 3 N–H and O–H groups in total. The van der Waals surface area contributed by atoms with Crippen LogP contribution in [0.1, 0.15) is 79.4 Å². The van der Waals surface area contributed by atoms with E-state index < -0.39 is 11.9 Å². The van der Waals surface area contributed by atoms with Gasteiger partial charge in [0.25, 0.3) is 0 Å². The second kappa shape index (κ2) is 34.6. The van der Waals surface area contributed by atoms with Crippen molar-refractivity contribution in [2.75, 3.05) is 51.8 Å². The van der Waals surface area contributed by atoms with Crippen LogP contribution in [0.15, 0.2) is 109 Å². The van der Waals surface area contributed by atoms with Crippen molar-refractivity contribution in [3.63, 3.8) is 0 Å². The second-order valence-corrected chi connectivity index (χ2v) is 21.8. The van der Waals surface area contributed by atoms with Gasteiger partial charge in [-0.05, 0) is 114 Å². The molecule has 7 rings (SSSR count). The fourth-order valence-electron chi connectivity index (χ4n) is 7.00. The van der Waals surface area contributed by atoms with Gasteiger partial charge in [0.15, 0.2) is 6.79 Å². The van der Waals surface area contributed by atoms with Crippen LogP contribution in [0.5, 0.6) is 11.5 Å². The smallest absolute Gasteiger partial charge is 0.333 e. The summed E-state index contributed by atoms with van der Waals surface area (Å²) in [6, 6.07) is 25.9. The zero-order valence-corrected chi connectivity index (χ0v) is 49.5. The van der Waals surface area contributed by atoms with Gasteiger partial charge in [-0.25, -0.2) is 9.59 Å². The minimum Gasteiger partial charge on any atom is -0.506 e. The lowest BCUT2D eigenvalue weighted by Crippen LogP contribution is -2.26. The SMILES string of the molecule is C1CCOC1.C=C(C)C(=O)OC(C)C(C)SCC(C)C(=O)OCCc1ccc(O)c(-n2nc3ccccc3n2)c1.C=C(C)C(=O)OC(C)C(C)SCC(C)C(=O)OCCc1ccc(OCOC)c(-n2nc3ccccc3n2)c1.Cl.O. The van der Waals surface area contributed by atoms with E-state index in [1.54, 1.807) is 67.5 Å². The third-order valence-corrected chi connectivity index (χ3v) is 15.3. The van der Waals surface area contributed by atoms with E-state index in [4.69, 9.17) is 33.2 Å². The Bertz CT molecular complexity index is 2880. The van der Waals surface area contributed by atoms with Crippen LogP contribution >= 0.6 is 35.9 Å². The minimum absolute atomic E-state index is 0. The molecule has 1 fully saturated rings. The quantitative estimate of drug-likeness (QED) is 0.0242. The van der Waals surface area contributed by atoms with Gasteiger partial charge < -0.3 is 43.7 Å². The summed E-state index contributed by atoms with van der Waals surface area (Å²) in [7, 11) is 1.56. The molecule has 6 atom stereocenters. The normalized spacial score (nSPS) is 13.9. The number of methoxy groups -OCH3 is 1. The number of carbonyl (C=O) groups is 4. The molecule has 0 spiro atoms. The molecule has 0 bridgehead atoms. The maximum atomic E-state index is 12.6. The molecular weight excluding hydrogens is 1090 g/mol. The van der Waals surface area contributed by atoms with Crippen LogP contribution in [0, 0.1) is 11.8 Å². The van der Waals surface area contributed by atoms with E-state index in [0.717, 1.165) is 46.4 Å². The predicted octanol–water partition coefficient (Wildman–Crippen LogP) is 9.63. The summed E-state index contributed by atoms with van der Waals surface area (Å²) in [6.07, 6.45) is 2.98. The number of hydrogen-bond donors (Lipinski definition) is 1. The van der Waals surface area contributed by atoms with Crippen molar-refractivity contribution in [3.05, 3.63) is 120 Å². The number of phenols is 1. The number of nitrogens with zero attached hydrogens (tertiary/aromatic N) is 6. The number of ether oxygens (including phenoxy) is 7. The third-order valence-electron chi connectivity index (χ3n) is 12.1. The number of aromatic nitrogens is 6. The Balaban J connectivity index is 0.000000377. The number of hydrogen-bond acceptors (Lipinski definition) is 18. The van der Waals surface area contributed by atoms with Crippen molar-refractivity contribution in [3.8, 4) is 22.9 Å². The molecule has 2 aromatic heterocycles. The molecule has 1 aliphatic rings. The highest BCUT2D eigenvalue weighted by Gasteiger charge is 2.24. The molecule has 1 aliphatic heterocycles. The van der Waals surface area contributed by atoms with Crippen LogP contribution < -0.4 is 4.74 Å². The zero-order chi connectivity index (χ0) is 56.7. The van der Waals surface area contributed by atoms with E-state index in [1.165, 1.54) is 17.6 Å². The number of thioether (sulfide) groups is 2. The van der Waals surface area contributed by atoms with Crippen molar-refractivity contribution in [1.29, 1.82) is 0 Å². The summed E-state index contributed by atoms with van der Waals surface area (Å²) in [6.45, 7) is 24.2. The Kier molecular flexibility index (Phi) is 29.3. The molecule has 436 valence electrons. The van der Waals surface area contributed by atoms with Crippen LogP contribution in [0.25, 0.3) is 33.4 Å². The Labute approximate surface area is 483 Å². The lowest BCUT2D eigenvalue weighted by atomic mass is 10.1. The largest absolute Gasteiger partial charge is 0.506 e. The maximum Gasteiger partial charge on any atom is 0.333 e. The molecule has 6 aromatic rings. The van der Waals surface area contributed by atoms with Gasteiger partial charge in [0.05, 0.1) is 25.0 Å². The minimum atomic E-state index is -0.411. The maximum absolute atomic E-state index is 12.6. The number of esters is 4. The van der Waals surface area contributed by atoms with Crippen molar-refractivity contribution < 1.29 is 62.9 Å². The molecule has 0 saturated carbocycles. The molecule has 4 aromatic carbocycles. The van der Waals surface area contributed by atoms with E-state index in [9.17, 15) is 24.3 Å². The Morgan fingerprint density at radius 3 is 1.43 bits per heavy atom. The van der Waals surface area contributed by atoms with Crippen LogP contribution in [0.3, 0.4) is 0 Å². The molecule has 0 aliphatic carbocycles. The van der Waals surface area contributed by atoms with Gasteiger partial charge in [0, 0.05) is 66.3 Å². The van der Waals surface area contributed by atoms with Crippen LogP contribution in [-0.4, -0.2) is 139 Å². The fraction of sp³-hybridized carbons (Fsp3) is 0.448. The average Bonchev–Trinajstić information content (AvgIpc) is 4.25. The highest BCUT2D eigenvalue weighted by molar-refractivity contribution is 8.00. The van der Waals surface area contributed by atoms with E-state index >= 15 is 0 Å². The number of benzene rings is 4. The van der Waals surface area contributed by atoms with Gasteiger partial charge >= 0.3 is 23.9 Å². The molecule has 3 heterocycles. The zero-order valence-electron chi connectivity index (χ0n) is 47.1. The molecule has 1 saturated heterocycles. The second-order valence-electron chi connectivity index (χ2n) is 18.9. The highest BCUT2D eigenvalue weighted by Crippen LogP contribution is 2.27. The molecule has 0 radical (unpaired) electrons. The predicted molar refractivity (Wildman–Crippen MR) is 315 cm³/mol. The van der Waals surface area contributed by atoms with Gasteiger partial charge in [0.1, 0.15) is 57.1 Å². The van der Waals surface area contributed by atoms with Gasteiger partial charge in [-0.3, -0.25) is 9.59 Å². The van der Waals surface area contributed by atoms with Crippen molar-refractivity contribution >= 4 is 81.9 Å². The number of phenolic OH excluding ortho intramolecular Hbond substituents is 1. The van der Waals surface area contributed by atoms with Gasteiger partial charge in [-0.15, -0.1) is 42.4 Å². The van der Waals surface area contributed by atoms with Gasteiger partial charge in [-0.1, -0.05) is 63.4 Å². The number of halogens is 1. The summed E-state index contributed by atoms with van der Waals surface area (Å²) in [4.78, 5) is 51.3. The first-order valence-electron chi connectivity index (χ1n) is 25.9. The summed E-state index contributed by atoms with van der Waals surface area (Å²) in [5, 5.41) is 28.3. The van der Waals surface area contributed by atoms with Gasteiger partial charge in [-0.2, -0.15) is 23.5 Å². The van der Waals surface area contributed by atoms with E-state index in [2.05, 4.69) is 33.6 Å². The fourth-order valence-corrected chi connectivity index (χ4v) is 9.11. The van der Waals surface area contributed by atoms with Crippen LogP contribution in [0.4, 0.5) is 0 Å². The Hall–Kier alpha value is -6.49. The average molecular weight is 1170 g/mol. The topological polar surface area (TPSA) is 246 Å². The molecule has 80 heavy (non-hydrogen) atoms. The monoisotopic (exact) mass is 1160 g/mol. The molecule has 22 heteroatoms. The number of rotatable bonds is 25. The van der Waals surface area contributed by atoms with Crippen molar-refractivity contribution in [2.45, 2.75) is 104 Å². The third kappa shape index (κ3) is 21.5. The van der Waals surface area contributed by atoms with E-state index in [-0.39, 0.29) is 90.1 Å². The van der Waals surface area contributed by atoms with Crippen molar-refractivity contribution in [2.24, 2.45) is 11.8 Å². The van der Waals surface area contributed by atoms with Crippen LogP contribution in [-0.2, 0) is 60.4 Å². The summed E-state index contributed by atoms with van der Waals surface area (Å²) >= 11 is 3.12. The summed E-state index contributed by atoms with van der Waals surface area (Å²) < 4.78 is 37.4. The van der Waals surface area contributed by atoms with E-state index in [0.29, 0.717) is 52.6 Å². The summed E-state index contributed by atoms with van der Waals surface area (Å²) in [5.41, 5.74) is 6.70. The first-order chi connectivity index (χ1) is 37.3. The lowest BCUT2D eigenvalue weighted by Gasteiger charge is -2.21. The summed E-state index contributed by atoms with van der Waals surface area (Å²) in [5.74, 6) is -0.214. The number of fused-ring (bicyclic) bond motifs is 2. The van der Waals surface area contributed by atoms with Crippen molar-refractivity contribution in [1.82, 2.24) is 30.0 Å². The Morgan fingerprint density at radius 1 is 0.637 bits per heavy atom. The van der Waals surface area contributed by atoms with Crippen LogP contribution in [0.2, 0.25) is 0 Å². The molecule has 6 unspecified atom stereocenters. The molecular formula is C58H77ClN6O13S2. The Morgan fingerprint density at radius 2 is 1.04 bits per heavy atom. The standard InChI is InChI=1S/C28H35N3O6S.C26H31N3O5S.C4H8O.ClH.H2O/c1-18(2)27(32)37-20(4)21(5)38-16-19(3)28(33)35-14-13-22-11-12-26(36-17-34-6)25(15-22)31-29-23-9-7-8-10-24(23)30-31;1-16(2)25(31)34-18(4)19(5)35-15-17(3)26(32)33-13-12-20-10-11-24(30)23(14-20)29-27-21-8-6-7-9-22(21)28-29;1-2-4-5-3-1;;/h7-12,15,19-21H,1,13-14,16-17H2,2-6H3;6-11,14,17-19,30H,1,12-13,15H2,2-5H3;1-4H2;1H;1H2. The molecule has 19 nitrogen and oxygen atoms in total. The number of carbonyl (C=O) groups excluding carboxylic acids is 4. The first kappa shape index (κ1) is 67.8. The first-order valence-corrected chi connectivity index (χ1v) is 28.0. The molecule has 0 amide bonds. The number of aromatic hydroxyl groups is 1. The highest BCUT2D eigenvalue weighted by atomic mass is 35.5.